The maximum absolute atomic E-state index is 13.8. The average Bonchev–Trinajstić information content (AvgIpc) is 2.64. The molecule has 1 saturated heterocycles. The normalized spacial score (nSPS) is 21.3. The van der Waals surface area contributed by atoms with Gasteiger partial charge in [-0.2, -0.15) is 0 Å². The fraction of sp³-hybridized carbons (Fsp3) is 0.364. The van der Waals surface area contributed by atoms with Crippen molar-refractivity contribution in [1.29, 1.82) is 0 Å². The fourth-order valence-corrected chi connectivity index (χ4v) is 3.81. The molecule has 1 aliphatic rings. The van der Waals surface area contributed by atoms with Gasteiger partial charge in [0.25, 0.3) is 0 Å². The maximum atomic E-state index is 13.8. The molecule has 104 valence electrons. The van der Waals surface area contributed by atoms with Crippen LogP contribution in [0.2, 0.25) is 0 Å². The molecule has 1 aromatic rings. The minimum absolute atomic E-state index is 0.0553. The Bertz CT molecular complexity index is 632. The maximum Gasteiger partial charge on any atom is 0.182 e. The zero-order valence-corrected chi connectivity index (χ0v) is 11.5. The molecular weight excluding hydrogens is 294 g/mol. The van der Waals surface area contributed by atoms with Crippen molar-refractivity contribution in [3.05, 3.63) is 29.3 Å². The minimum atomic E-state index is -3.08. The molecule has 0 aliphatic carbocycles. The van der Waals surface area contributed by atoms with E-state index in [1.165, 1.54) is 12.1 Å². The zero-order chi connectivity index (χ0) is 14.2. The number of thiocarbonyl (C=S) groups is 1. The summed E-state index contributed by atoms with van der Waals surface area (Å²) in [5, 5.41) is 2.69. The van der Waals surface area contributed by atoms with E-state index in [0.29, 0.717) is 6.42 Å². The van der Waals surface area contributed by atoms with Crippen molar-refractivity contribution in [3.8, 4) is 0 Å². The lowest BCUT2D eigenvalue weighted by Crippen LogP contribution is -2.22. The number of nitrogens with two attached hydrogens (primary N) is 1. The van der Waals surface area contributed by atoms with Crippen LogP contribution < -0.4 is 11.1 Å². The molecular formula is C11H12F2N2O2S2. The van der Waals surface area contributed by atoms with Crippen molar-refractivity contribution in [2.75, 3.05) is 16.8 Å². The Morgan fingerprint density at radius 3 is 2.58 bits per heavy atom. The topological polar surface area (TPSA) is 72.2 Å². The van der Waals surface area contributed by atoms with Crippen molar-refractivity contribution in [1.82, 2.24) is 0 Å². The standard InChI is InChI=1S/C11H12F2N2O2S2/c12-9-7(11(14)18)1-2-8(10(9)13)15-6-3-4-19(16,17)5-6/h1-2,6,15H,3-5H2,(H2,14,18). The van der Waals surface area contributed by atoms with Gasteiger partial charge in [0.05, 0.1) is 17.2 Å². The highest BCUT2D eigenvalue weighted by Crippen LogP contribution is 2.24. The quantitative estimate of drug-likeness (QED) is 0.821. The van der Waals surface area contributed by atoms with E-state index in [1.807, 2.05) is 0 Å². The van der Waals surface area contributed by atoms with Crippen LogP contribution in [0.3, 0.4) is 0 Å². The molecule has 1 fully saturated rings. The van der Waals surface area contributed by atoms with E-state index in [2.05, 4.69) is 17.5 Å². The molecule has 8 heteroatoms. The Morgan fingerprint density at radius 1 is 1.37 bits per heavy atom. The Balaban J connectivity index is 2.23. The fourth-order valence-electron chi connectivity index (χ4n) is 1.98. The Morgan fingerprint density at radius 2 is 2.05 bits per heavy atom. The largest absolute Gasteiger partial charge is 0.389 e. The first-order valence-electron chi connectivity index (χ1n) is 5.55. The minimum Gasteiger partial charge on any atom is -0.389 e. The lowest BCUT2D eigenvalue weighted by atomic mass is 10.1. The van der Waals surface area contributed by atoms with Gasteiger partial charge in [-0.05, 0) is 18.6 Å². The number of nitrogens with one attached hydrogen (secondary N) is 1. The predicted molar refractivity (Wildman–Crippen MR) is 72.9 cm³/mol. The first-order chi connectivity index (χ1) is 8.80. The Hall–Kier alpha value is -1.28. The monoisotopic (exact) mass is 306 g/mol. The molecule has 1 unspecified atom stereocenters. The molecule has 2 rings (SSSR count). The number of hydrogen-bond acceptors (Lipinski definition) is 4. The predicted octanol–water partition coefficient (Wildman–Crippen LogP) is 1.20. The van der Waals surface area contributed by atoms with Crippen molar-refractivity contribution < 1.29 is 17.2 Å². The molecule has 0 saturated carbocycles. The van der Waals surface area contributed by atoms with E-state index in [0.717, 1.165) is 0 Å². The summed E-state index contributed by atoms with van der Waals surface area (Å²) < 4.78 is 50.0. The van der Waals surface area contributed by atoms with Crippen LogP contribution in [0.25, 0.3) is 0 Å². The van der Waals surface area contributed by atoms with Crippen LogP contribution in [0.4, 0.5) is 14.5 Å². The van der Waals surface area contributed by atoms with Crippen LogP contribution in [0.1, 0.15) is 12.0 Å². The molecule has 0 amide bonds. The van der Waals surface area contributed by atoms with Crippen LogP contribution >= 0.6 is 12.2 Å². The third-order valence-electron chi connectivity index (χ3n) is 2.94. The van der Waals surface area contributed by atoms with Gasteiger partial charge in [0, 0.05) is 11.6 Å². The number of sulfone groups is 1. The molecule has 0 aromatic heterocycles. The molecule has 1 atom stereocenters. The van der Waals surface area contributed by atoms with Crippen LogP contribution in [-0.4, -0.2) is 31.0 Å². The lowest BCUT2D eigenvalue weighted by Gasteiger charge is -2.14. The molecule has 1 heterocycles. The van der Waals surface area contributed by atoms with Crippen molar-refractivity contribution in [3.63, 3.8) is 0 Å². The highest BCUT2D eigenvalue weighted by Gasteiger charge is 2.28. The van der Waals surface area contributed by atoms with E-state index < -0.39 is 27.5 Å². The van der Waals surface area contributed by atoms with E-state index >= 15 is 0 Å². The number of hydrogen-bond donors (Lipinski definition) is 2. The summed E-state index contributed by atoms with van der Waals surface area (Å²) in [6.07, 6.45) is 0.375. The summed E-state index contributed by atoms with van der Waals surface area (Å²) in [5.74, 6) is -2.25. The van der Waals surface area contributed by atoms with Gasteiger partial charge < -0.3 is 11.1 Å². The Labute approximate surface area is 114 Å². The molecule has 1 aliphatic heterocycles. The number of anilines is 1. The van der Waals surface area contributed by atoms with Crippen LogP contribution in [0, 0.1) is 11.6 Å². The van der Waals surface area contributed by atoms with Crippen LogP contribution in [0.15, 0.2) is 12.1 Å². The second-order valence-electron chi connectivity index (χ2n) is 4.40. The van der Waals surface area contributed by atoms with Crippen molar-refractivity contribution >= 4 is 32.7 Å². The molecule has 3 N–H and O–H groups in total. The first-order valence-corrected chi connectivity index (χ1v) is 7.78. The van der Waals surface area contributed by atoms with Gasteiger partial charge in [-0.25, -0.2) is 17.2 Å². The van der Waals surface area contributed by atoms with Crippen molar-refractivity contribution in [2.45, 2.75) is 12.5 Å². The highest BCUT2D eigenvalue weighted by atomic mass is 32.2. The first kappa shape index (κ1) is 14.1. The lowest BCUT2D eigenvalue weighted by molar-refractivity contribution is 0.508. The second kappa shape index (κ2) is 5.01. The van der Waals surface area contributed by atoms with E-state index in [1.54, 1.807) is 0 Å². The molecule has 1 aromatic carbocycles. The summed E-state index contributed by atoms with van der Waals surface area (Å²) in [6, 6.07) is 2.17. The van der Waals surface area contributed by atoms with E-state index in [4.69, 9.17) is 5.73 Å². The molecule has 19 heavy (non-hydrogen) atoms. The smallest absolute Gasteiger partial charge is 0.182 e. The summed E-state index contributed by atoms with van der Waals surface area (Å²) >= 11 is 4.60. The third-order valence-corrected chi connectivity index (χ3v) is 4.93. The van der Waals surface area contributed by atoms with Gasteiger partial charge >= 0.3 is 0 Å². The van der Waals surface area contributed by atoms with Crippen LogP contribution in [-0.2, 0) is 9.84 Å². The summed E-state index contributed by atoms with van der Waals surface area (Å²) in [7, 11) is -3.08. The Kier molecular flexibility index (Phi) is 3.73. The van der Waals surface area contributed by atoms with Gasteiger partial charge in [-0.3, -0.25) is 0 Å². The van der Waals surface area contributed by atoms with E-state index in [9.17, 15) is 17.2 Å². The SMILES string of the molecule is NC(=S)c1ccc(NC2CCS(=O)(=O)C2)c(F)c1F. The summed E-state index contributed by atoms with van der Waals surface area (Å²) in [4.78, 5) is -0.230. The highest BCUT2D eigenvalue weighted by molar-refractivity contribution is 7.91. The molecule has 4 nitrogen and oxygen atoms in total. The third kappa shape index (κ3) is 3.01. The van der Waals surface area contributed by atoms with Crippen molar-refractivity contribution in [2.24, 2.45) is 5.73 Å². The van der Waals surface area contributed by atoms with Gasteiger partial charge in [-0.1, -0.05) is 12.2 Å². The molecule has 0 radical (unpaired) electrons. The molecule has 0 spiro atoms. The van der Waals surface area contributed by atoms with Crippen LogP contribution in [0.5, 0.6) is 0 Å². The zero-order valence-electron chi connectivity index (χ0n) is 9.82. The second-order valence-corrected chi connectivity index (χ2v) is 7.07. The van der Waals surface area contributed by atoms with Gasteiger partial charge in [0.15, 0.2) is 21.5 Å². The number of benzene rings is 1. The number of rotatable bonds is 3. The average molecular weight is 306 g/mol. The summed E-state index contributed by atoms with van der Waals surface area (Å²) in [6.45, 7) is 0. The number of halogens is 2. The van der Waals surface area contributed by atoms with E-state index in [-0.39, 0.29) is 27.7 Å². The van der Waals surface area contributed by atoms with Gasteiger partial charge in [-0.15, -0.1) is 0 Å². The van der Waals surface area contributed by atoms with Gasteiger partial charge in [0.2, 0.25) is 0 Å². The molecule has 0 bridgehead atoms. The van der Waals surface area contributed by atoms with Gasteiger partial charge in [0.1, 0.15) is 4.99 Å². The summed E-state index contributed by atoms with van der Waals surface area (Å²) in [5.41, 5.74) is 5.00.